The Morgan fingerprint density at radius 3 is 2.88 bits per heavy atom. The van der Waals surface area contributed by atoms with E-state index in [2.05, 4.69) is 5.32 Å². The predicted octanol–water partition coefficient (Wildman–Crippen LogP) is 2.47. The summed E-state index contributed by atoms with van der Waals surface area (Å²) < 4.78 is 5.06. The third-order valence-corrected chi connectivity index (χ3v) is 2.60. The van der Waals surface area contributed by atoms with Gasteiger partial charge < -0.3 is 10.1 Å². The van der Waals surface area contributed by atoms with Crippen molar-refractivity contribution in [2.45, 2.75) is 26.0 Å². The topological polar surface area (TPSA) is 38.3 Å². The molecule has 0 atom stereocenters. The highest BCUT2D eigenvalue weighted by Crippen LogP contribution is 2.06. The number of hydrogen-bond acceptors (Lipinski definition) is 2. The zero-order valence-electron chi connectivity index (χ0n) is 10.0. The lowest BCUT2D eigenvalue weighted by Crippen LogP contribution is -2.22. The molecular weight excluding hydrogens is 238 g/mol. The molecule has 1 aromatic carbocycles. The number of ether oxygens (including phenoxy) is 1. The fourth-order valence-corrected chi connectivity index (χ4v) is 1.65. The first-order valence-corrected chi connectivity index (χ1v) is 6.19. The second-order valence-corrected chi connectivity index (χ2v) is 4.20. The maximum absolute atomic E-state index is 11.4. The summed E-state index contributed by atoms with van der Waals surface area (Å²) in [5, 5.41) is 2.86. The van der Waals surface area contributed by atoms with Gasteiger partial charge in [0.05, 0.1) is 6.61 Å². The highest BCUT2D eigenvalue weighted by Gasteiger charge is 2.01. The summed E-state index contributed by atoms with van der Waals surface area (Å²) in [7, 11) is 1.67. The molecule has 1 N–H and O–H groups in total. The second-order valence-electron chi connectivity index (χ2n) is 3.82. The Hall–Kier alpha value is -1.06. The molecule has 0 aliphatic heterocycles. The molecule has 0 saturated heterocycles. The molecule has 0 aliphatic carbocycles. The minimum atomic E-state index is 0.0443. The van der Waals surface area contributed by atoms with Crippen molar-refractivity contribution in [1.29, 1.82) is 0 Å². The molecule has 0 bridgehead atoms. The van der Waals surface area contributed by atoms with Crippen molar-refractivity contribution in [3.63, 3.8) is 0 Å². The van der Waals surface area contributed by atoms with Gasteiger partial charge in [0, 0.05) is 26.0 Å². The molecule has 0 aliphatic rings. The molecule has 0 unspecified atom stereocenters. The summed E-state index contributed by atoms with van der Waals surface area (Å²) in [5.74, 6) is 0.569. The Labute approximate surface area is 107 Å². The summed E-state index contributed by atoms with van der Waals surface area (Å²) in [6.07, 6.45) is 1.21. The molecule has 1 aromatic rings. The van der Waals surface area contributed by atoms with Gasteiger partial charge in [0.1, 0.15) is 0 Å². The minimum absolute atomic E-state index is 0.0443. The minimum Gasteiger partial charge on any atom is -0.380 e. The number of nitrogens with one attached hydrogen (secondary N) is 1. The SMILES string of the molecule is COCc1cccc(CNC(=O)CCCCl)c1. The van der Waals surface area contributed by atoms with Crippen molar-refractivity contribution in [2.75, 3.05) is 13.0 Å². The Balaban J connectivity index is 2.40. The van der Waals surface area contributed by atoms with Crippen LogP contribution in [0.15, 0.2) is 24.3 Å². The van der Waals surface area contributed by atoms with E-state index < -0.39 is 0 Å². The first kappa shape index (κ1) is 14.0. The van der Waals surface area contributed by atoms with Crippen molar-refractivity contribution < 1.29 is 9.53 Å². The molecule has 0 spiro atoms. The number of carbonyl (C=O) groups is 1. The number of methoxy groups -OCH3 is 1. The maximum Gasteiger partial charge on any atom is 0.220 e. The molecule has 1 rings (SSSR count). The summed E-state index contributed by atoms with van der Waals surface area (Å²) in [6, 6.07) is 7.99. The quantitative estimate of drug-likeness (QED) is 0.760. The van der Waals surface area contributed by atoms with E-state index in [1.54, 1.807) is 7.11 Å². The van der Waals surface area contributed by atoms with Crippen LogP contribution in [0.3, 0.4) is 0 Å². The molecule has 0 radical (unpaired) electrons. The van der Waals surface area contributed by atoms with E-state index >= 15 is 0 Å². The average molecular weight is 256 g/mol. The lowest BCUT2D eigenvalue weighted by Gasteiger charge is -2.06. The molecule has 0 aromatic heterocycles. The van der Waals surface area contributed by atoms with Gasteiger partial charge in [0.15, 0.2) is 0 Å². The second kappa shape index (κ2) is 8.09. The first-order chi connectivity index (χ1) is 8.26. The Bertz CT molecular complexity index is 355. The van der Waals surface area contributed by atoms with Crippen LogP contribution >= 0.6 is 11.6 Å². The van der Waals surface area contributed by atoms with Gasteiger partial charge in [-0.25, -0.2) is 0 Å². The van der Waals surface area contributed by atoms with E-state index in [4.69, 9.17) is 16.3 Å². The Kier molecular flexibility index (Phi) is 6.67. The first-order valence-electron chi connectivity index (χ1n) is 5.65. The van der Waals surface area contributed by atoms with Gasteiger partial charge in [0.25, 0.3) is 0 Å². The van der Waals surface area contributed by atoms with Crippen LogP contribution in [0.5, 0.6) is 0 Å². The van der Waals surface area contributed by atoms with E-state index in [1.165, 1.54) is 0 Å². The molecule has 4 heteroatoms. The molecule has 17 heavy (non-hydrogen) atoms. The predicted molar refractivity (Wildman–Crippen MR) is 69.0 cm³/mol. The van der Waals surface area contributed by atoms with Gasteiger partial charge in [-0.2, -0.15) is 0 Å². The number of benzene rings is 1. The number of rotatable bonds is 7. The third kappa shape index (κ3) is 5.71. The summed E-state index contributed by atoms with van der Waals surface area (Å²) in [5.41, 5.74) is 2.19. The molecule has 0 heterocycles. The Morgan fingerprint density at radius 2 is 2.18 bits per heavy atom. The summed E-state index contributed by atoms with van der Waals surface area (Å²) >= 11 is 5.52. The smallest absolute Gasteiger partial charge is 0.220 e. The zero-order valence-corrected chi connectivity index (χ0v) is 10.8. The maximum atomic E-state index is 11.4. The van der Waals surface area contributed by atoms with Crippen molar-refractivity contribution in [3.05, 3.63) is 35.4 Å². The molecule has 3 nitrogen and oxygen atoms in total. The number of halogens is 1. The van der Waals surface area contributed by atoms with Gasteiger partial charge in [-0.1, -0.05) is 24.3 Å². The molecule has 0 fully saturated rings. The molecule has 1 amide bonds. The number of hydrogen-bond donors (Lipinski definition) is 1. The van der Waals surface area contributed by atoms with Crippen LogP contribution < -0.4 is 5.32 Å². The molecule has 94 valence electrons. The lowest BCUT2D eigenvalue weighted by molar-refractivity contribution is -0.121. The van der Waals surface area contributed by atoms with E-state index in [0.717, 1.165) is 17.5 Å². The fourth-order valence-electron chi connectivity index (χ4n) is 1.51. The number of amides is 1. The number of alkyl halides is 1. The monoisotopic (exact) mass is 255 g/mol. The summed E-state index contributed by atoms with van der Waals surface area (Å²) in [4.78, 5) is 11.4. The highest BCUT2D eigenvalue weighted by atomic mass is 35.5. The van der Waals surface area contributed by atoms with Crippen molar-refractivity contribution in [1.82, 2.24) is 5.32 Å². The number of carbonyl (C=O) groups excluding carboxylic acids is 1. The van der Waals surface area contributed by atoms with Crippen LogP contribution in [-0.4, -0.2) is 18.9 Å². The van der Waals surface area contributed by atoms with Gasteiger partial charge in [-0.3, -0.25) is 4.79 Å². The fraction of sp³-hybridized carbons (Fsp3) is 0.462. The van der Waals surface area contributed by atoms with Gasteiger partial charge in [-0.05, 0) is 17.5 Å². The van der Waals surface area contributed by atoms with Crippen LogP contribution in [0.2, 0.25) is 0 Å². The zero-order chi connectivity index (χ0) is 12.5. The lowest BCUT2D eigenvalue weighted by atomic mass is 10.1. The molecular formula is C13H18ClNO2. The standard InChI is InChI=1S/C13H18ClNO2/c1-17-10-12-5-2-4-11(8-12)9-15-13(16)6-3-7-14/h2,4-5,8H,3,6-7,9-10H2,1H3,(H,15,16). The average Bonchev–Trinajstić information content (AvgIpc) is 2.35. The van der Waals surface area contributed by atoms with Crippen molar-refractivity contribution >= 4 is 17.5 Å². The van der Waals surface area contributed by atoms with E-state index in [0.29, 0.717) is 25.5 Å². The van der Waals surface area contributed by atoms with Crippen LogP contribution in [0, 0.1) is 0 Å². The normalized spacial score (nSPS) is 10.2. The highest BCUT2D eigenvalue weighted by molar-refractivity contribution is 6.17. The van der Waals surface area contributed by atoms with Gasteiger partial charge in [-0.15, -0.1) is 11.6 Å². The van der Waals surface area contributed by atoms with Crippen LogP contribution in [0.1, 0.15) is 24.0 Å². The van der Waals surface area contributed by atoms with Crippen LogP contribution in [-0.2, 0) is 22.7 Å². The third-order valence-electron chi connectivity index (χ3n) is 2.33. The van der Waals surface area contributed by atoms with E-state index in [1.807, 2.05) is 24.3 Å². The van der Waals surface area contributed by atoms with Gasteiger partial charge >= 0.3 is 0 Å². The van der Waals surface area contributed by atoms with Crippen LogP contribution in [0.25, 0.3) is 0 Å². The van der Waals surface area contributed by atoms with Gasteiger partial charge in [0.2, 0.25) is 5.91 Å². The van der Waals surface area contributed by atoms with E-state index in [9.17, 15) is 4.79 Å². The van der Waals surface area contributed by atoms with Crippen molar-refractivity contribution in [3.8, 4) is 0 Å². The summed E-state index contributed by atoms with van der Waals surface area (Å²) in [6.45, 7) is 1.15. The van der Waals surface area contributed by atoms with Crippen molar-refractivity contribution in [2.24, 2.45) is 0 Å². The van der Waals surface area contributed by atoms with E-state index in [-0.39, 0.29) is 5.91 Å². The Morgan fingerprint density at radius 1 is 1.41 bits per heavy atom. The largest absolute Gasteiger partial charge is 0.380 e. The molecule has 0 saturated carbocycles. The van der Waals surface area contributed by atoms with Crippen LogP contribution in [0.4, 0.5) is 0 Å².